The number of aromatic nitrogens is 1. The molecule has 4 nitrogen and oxygen atoms in total. The molecule has 0 radical (unpaired) electrons. The van der Waals surface area contributed by atoms with E-state index in [4.69, 9.17) is 0 Å². The van der Waals surface area contributed by atoms with E-state index in [9.17, 15) is 9.90 Å². The summed E-state index contributed by atoms with van der Waals surface area (Å²) in [6.45, 7) is 2.64. The first kappa shape index (κ1) is 14.1. The van der Waals surface area contributed by atoms with Gasteiger partial charge in [-0.2, -0.15) is 0 Å². The van der Waals surface area contributed by atoms with E-state index in [0.717, 1.165) is 24.8 Å². The summed E-state index contributed by atoms with van der Waals surface area (Å²) < 4.78 is 0. The van der Waals surface area contributed by atoms with Crippen LogP contribution in [0.2, 0.25) is 0 Å². The zero-order valence-corrected chi connectivity index (χ0v) is 12.4. The number of fused-ring (bicyclic) bond motifs is 1. The first-order valence-corrected chi connectivity index (χ1v) is 7.66. The fraction of sp³-hybridized carbons (Fsp3) is 0.471. The molecule has 4 heteroatoms. The number of aromatic amines is 1. The summed E-state index contributed by atoms with van der Waals surface area (Å²) in [4.78, 5) is 15.3. The smallest absolute Gasteiger partial charge is 0.251 e. The molecule has 1 heterocycles. The summed E-state index contributed by atoms with van der Waals surface area (Å²) in [5.41, 5.74) is 2.46. The SMILES string of the molecule is Cc1cccc2c(CCNC(=O)C3(O)CCCC3)c[nH]c12. The number of rotatable bonds is 4. The molecule has 21 heavy (non-hydrogen) atoms. The van der Waals surface area contributed by atoms with Gasteiger partial charge in [-0.3, -0.25) is 4.79 Å². The van der Waals surface area contributed by atoms with Gasteiger partial charge < -0.3 is 15.4 Å². The number of nitrogens with one attached hydrogen (secondary N) is 2. The number of aryl methyl sites for hydroxylation is 1. The van der Waals surface area contributed by atoms with Crippen LogP contribution in [0.1, 0.15) is 36.8 Å². The fourth-order valence-corrected chi connectivity index (χ4v) is 3.23. The normalized spacial score (nSPS) is 17.2. The minimum absolute atomic E-state index is 0.212. The Morgan fingerprint density at radius 3 is 2.90 bits per heavy atom. The molecule has 0 spiro atoms. The third-order valence-corrected chi connectivity index (χ3v) is 4.54. The van der Waals surface area contributed by atoms with Crippen LogP contribution in [0.3, 0.4) is 0 Å². The predicted octanol–water partition coefficient (Wildman–Crippen LogP) is 2.44. The van der Waals surface area contributed by atoms with Crippen molar-refractivity contribution < 1.29 is 9.90 Å². The van der Waals surface area contributed by atoms with Gasteiger partial charge in [0.15, 0.2) is 0 Å². The van der Waals surface area contributed by atoms with Gasteiger partial charge in [-0.25, -0.2) is 0 Å². The first-order chi connectivity index (χ1) is 10.1. The number of aliphatic hydroxyl groups is 1. The molecule has 1 aromatic heterocycles. The maximum atomic E-state index is 12.0. The van der Waals surface area contributed by atoms with Gasteiger partial charge in [0.2, 0.25) is 0 Å². The number of hydrogen-bond donors (Lipinski definition) is 3. The number of amides is 1. The van der Waals surface area contributed by atoms with Crippen LogP contribution in [-0.4, -0.2) is 28.1 Å². The predicted molar refractivity (Wildman–Crippen MR) is 83.2 cm³/mol. The lowest BCUT2D eigenvalue weighted by molar-refractivity contribution is -0.139. The molecule has 0 unspecified atom stereocenters. The maximum absolute atomic E-state index is 12.0. The van der Waals surface area contributed by atoms with Crippen molar-refractivity contribution in [3.8, 4) is 0 Å². The van der Waals surface area contributed by atoms with Gasteiger partial charge >= 0.3 is 0 Å². The Kier molecular flexibility index (Phi) is 3.72. The van der Waals surface area contributed by atoms with E-state index in [1.807, 2.05) is 6.20 Å². The average molecular weight is 286 g/mol. The molecule has 0 aliphatic heterocycles. The lowest BCUT2D eigenvalue weighted by atomic mass is 10.0. The van der Waals surface area contributed by atoms with E-state index in [2.05, 4.69) is 35.4 Å². The van der Waals surface area contributed by atoms with Gasteiger partial charge in [0, 0.05) is 23.6 Å². The van der Waals surface area contributed by atoms with E-state index in [1.165, 1.54) is 16.5 Å². The molecule has 0 bridgehead atoms. The monoisotopic (exact) mass is 286 g/mol. The van der Waals surface area contributed by atoms with E-state index in [-0.39, 0.29) is 5.91 Å². The number of benzene rings is 1. The molecule has 112 valence electrons. The summed E-state index contributed by atoms with van der Waals surface area (Å²) in [5, 5.41) is 14.3. The largest absolute Gasteiger partial charge is 0.380 e. The third kappa shape index (κ3) is 2.68. The van der Waals surface area contributed by atoms with Gasteiger partial charge in [0.1, 0.15) is 5.60 Å². The van der Waals surface area contributed by atoms with Crippen molar-refractivity contribution in [2.45, 2.75) is 44.6 Å². The van der Waals surface area contributed by atoms with Gasteiger partial charge in [-0.1, -0.05) is 18.2 Å². The molecule has 1 amide bonds. The first-order valence-electron chi connectivity index (χ1n) is 7.66. The van der Waals surface area contributed by atoms with Crippen molar-refractivity contribution in [3.05, 3.63) is 35.5 Å². The van der Waals surface area contributed by atoms with Crippen molar-refractivity contribution in [1.82, 2.24) is 10.3 Å². The van der Waals surface area contributed by atoms with Crippen LogP contribution in [0.5, 0.6) is 0 Å². The summed E-state index contributed by atoms with van der Waals surface area (Å²) >= 11 is 0. The Morgan fingerprint density at radius 2 is 2.14 bits per heavy atom. The topological polar surface area (TPSA) is 65.1 Å². The molecule has 1 fully saturated rings. The Labute approximate surface area is 124 Å². The number of para-hydroxylation sites is 1. The molecule has 0 saturated heterocycles. The molecule has 3 rings (SSSR count). The minimum Gasteiger partial charge on any atom is -0.380 e. The van der Waals surface area contributed by atoms with Crippen LogP contribution in [0, 0.1) is 6.92 Å². The molecule has 2 aromatic rings. The van der Waals surface area contributed by atoms with Crippen molar-refractivity contribution in [3.63, 3.8) is 0 Å². The second kappa shape index (κ2) is 5.53. The van der Waals surface area contributed by atoms with Crippen LogP contribution >= 0.6 is 0 Å². The number of hydrogen-bond acceptors (Lipinski definition) is 2. The Bertz CT molecular complexity index is 654. The molecule has 1 saturated carbocycles. The number of carbonyl (C=O) groups is 1. The second-order valence-electron chi connectivity index (χ2n) is 6.06. The highest BCUT2D eigenvalue weighted by molar-refractivity contribution is 5.86. The van der Waals surface area contributed by atoms with Crippen molar-refractivity contribution in [2.75, 3.05) is 6.54 Å². The van der Waals surface area contributed by atoms with Crippen LogP contribution in [-0.2, 0) is 11.2 Å². The van der Waals surface area contributed by atoms with Gasteiger partial charge in [0.05, 0.1) is 0 Å². The van der Waals surface area contributed by atoms with E-state index >= 15 is 0 Å². The molecule has 0 atom stereocenters. The van der Waals surface area contributed by atoms with E-state index in [0.29, 0.717) is 19.4 Å². The summed E-state index contributed by atoms with van der Waals surface area (Å²) in [7, 11) is 0. The molecular formula is C17H22N2O2. The zero-order chi connectivity index (χ0) is 14.9. The molecule has 1 aliphatic carbocycles. The highest BCUT2D eigenvalue weighted by Gasteiger charge is 2.38. The third-order valence-electron chi connectivity index (χ3n) is 4.54. The van der Waals surface area contributed by atoms with Gasteiger partial charge in [0.25, 0.3) is 5.91 Å². The fourth-order valence-electron chi connectivity index (χ4n) is 3.23. The van der Waals surface area contributed by atoms with Crippen LogP contribution in [0.25, 0.3) is 10.9 Å². The van der Waals surface area contributed by atoms with Crippen LogP contribution in [0.4, 0.5) is 0 Å². The van der Waals surface area contributed by atoms with Crippen molar-refractivity contribution in [2.24, 2.45) is 0 Å². The van der Waals surface area contributed by atoms with Gasteiger partial charge in [-0.15, -0.1) is 0 Å². The second-order valence-corrected chi connectivity index (χ2v) is 6.06. The quantitative estimate of drug-likeness (QED) is 0.808. The van der Waals surface area contributed by atoms with E-state index in [1.54, 1.807) is 0 Å². The standard InChI is InChI=1S/C17H22N2O2/c1-12-5-4-6-14-13(11-19-15(12)14)7-10-18-16(20)17(21)8-2-3-9-17/h4-6,11,19,21H,2-3,7-10H2,1H3,(H,18,20). The summed E-state index contributed by atoms with van der Waals surface area (Å²) in [6, 6.07) is 6.23. The molecule has 3 N–H and O–H groups in total. The average Bonchev–Trinajstić information content (AvgIpc) is 3.08. The number of H-pyrrole nitrogens is 1. The molecular weight excluding hydrogens is 264 g/mol. The summed E-state index contributed by atoms with van der Waals surface area (Å²) in [6.07, 6.45) is 5.83. The lowest BCUT2D eigenvalue weighted by Crippen LogP contribution is -2.45. The Morgan fingerprint density at radius 1 is 1.38 bits per heavy atom. The Balaban J connectivity index is 1.62. The van der Waals surface area contributed by atoms with Crippen molar-refractivity contribution in [1.29, 1.82) is 0 Å². The minimum atomic E-state index is -1.13. The van der Waals surface area contributed by atoms with Gasteiger partial charge in [-0.05, 0) is 50.2 Å². The highest BCUT2D eigenvalue weighted by atomic mass is 16.3. The number of carbonyl (C=O) groups excluding carboxylic acids is 1. The maximum Gasteiger partial charge on any atom is 0.251 e. The van der Waals surface area contributed by atoms with Crippen molar-refractivity contribution >= 4 is 16.8 Å². The Hall–Kier alpha value is -1.81. The summed E-state index contributed by atoms with van der Waals surface area (Å²) in [5.74, 6) is -0.212. The molecule has 1 aliphatic rings. The highest BCUT2D eigenvalue weighted by Crippen LogP contribution is 2.29. The van der Waals surface area contributed by atoms with Crippen LogP contribution < -0.4 is 5.32 Å². The lowest BCUT2D eigenvalue weighted by Gasteiger charge is -2.20. The molecule has 1 aromatic carbocycles. The van der Waals surface area contributed by atoms with Crippen LogP contribution in [0.15, 0.2) is 24.4 Å². The zero-order valence-electron chi connectivity index (χ0n) is 12.4. The van der Waals surface area contributed by atoms with E-state index < -0.39 is 5.60 Å².